The third-order valence-electron chi connectivity index (χ3n) is 3.99. The van der Waals surface area contributed by atoms with Crippen LogP contribution in [-0.2, 0) is 15.0 Å². The minimum absolute atomic E-state index is 0. The number of nitrogens with one attached hydrogen (secondary N) is 1. The number of aldehydes is 1. The molecule has 3 N–H and O–H groups in total. The maximum Gasteiger partial charge on any atom is 0.140 e. The number of ketones is 1. The van der Waals surface area contributed by atoms with Gasteiger partial charge in [-0.2, -0.15) is 0 Å². The van der Waals surface area contributed by atoms with Crippen molar-refractivity contribution >= 4 is 23.0 Å². The fourth-order valence-electron chi connectivity index (χ4n) is 2.70. The van der Waals surface area contributed by atoms with Crippen molar-refractivity contribution in [1.82, 2.24) is 4.98 Å². The lowest BCUT2D eigenvalue weighted by molar-refractivity contribution is -0.122. The molecule has 0 unspecified atom stereocenters. The van der Waals surface area contributed by atoms with Gasteiger partial charge in [0, 0.05) is 11.7 Å². The van der Waals surface area contributed by atoms with E-state index in [0.29, 0.717) is 0 Å². The number of rotatable bonds is 4. The number of fused-ring (bicyclic) bond motifs is 1. The van der Waals surface area contributed by atoms with Gasteiger partial charge in [-0.1, -0.05) is 26.0 Å². The summed E-state index contributed by atoms with van der Waals surface area (Å²) in [6, 6.07) is 8.34. The summed E-state index contributed by atoms with van der Waals surface area (Å²) >= 11 is 0. The third kappa shape index (κ3) is 3.79. The molecule has 0 atom stereocenters. The molecule has 0 bridgehead atoms. The van der Waals surface area contributed by atoms with Crippen LogP contribution in [0.5, 0.6) is 0 Å². The van der Waals surface area contributed by atoms with Crippen molar-refractivity contribution in [3.63, 3.8) is 0 Å². The number of aromatic nitrogens is 1. The van der Waals surface area contributed by atoms with E-state index >= 15 is 0 Å². The second-order valence-corrected chi connectivity index (χ2v) is 4.86. The summed E-state index contributed by atoms with van der Waals surface area (Å²) in [4.78, 5) is 24.0. The van der Waals surface area contributed by atoms with Gasteiger partial charge in [0.15, 0.2) is 0 Å². The molecule has 0 saturated carbocycles. The highest BCUT2D eigenvalue weighted by molar-refractivity contribution is 5.90. The number of H-pyrrole nitrogens is 1. The molecular formula is C17H25NO3. The molecule has 0 spiro atoms. The highest BCUT2D eigenvalue weighted by atomic mass is 16.1. The summed E-state index contributed by atoms with van der Waals surface area (Å²) in [5.41, 5.74) is 1.92. The summed E-state index contributed by atoms with van der Waals surface area (Å²) in [6.45, 7) is 7.32. The van der Waals surface area contributed by atoms with Gasteiger partial charge >= 0.3 is 0 Å². The molecule has 1 aromatic heterocycles. The van der Waals surface area contributed by atoms with Gasteiger partial charge in [-0.3, -0.25) is 4.79 Å². The van der Waals surface area contributed by atoms with Crippen LogP contribution < -0.4 is 0 Å². The molecule has 1 heterocycles. The average molecular weight is 291 g/mol. The van der Waals surface area contributed by atoms with E-state index in [9.17, 15) is 4.79 Å². The monoisotopic (exact) mass is 291 g/mol. The van der Waals surface area contributed by atoms with Crippen molar-refractivity contribution < 1.29 is 15.1 Å². The van der Waals surface area contributed by atoms with Gasteiger partial charge in [-0.15, -0.1) is 0 Å². The van der Waals surface area contributed by atoms with Crippen LogP contribution in [0.25, 0.3) is 10.9 Å². The number of hydrogen-bond donors (Lipinski definition) is 1. The maximum atomic E-state index is 12.0. The summed E-state index contributed by atoms with van der Waals surface area (Å²) in [7, 11) is 0. The van der Waals surface area contributed by atoms with Crippen molar-refractivity contribution in [3.8, 4) is 0 Å². The quantitative estimate of drug-likeness (QED) is 0.878. The first-order chi connectivity index (χ1) is 9.55. The third-order valence-corrected chi connectivity index (χ3v) is 3.99. The van der Waals surface area contributed by atoms with Gasteiger partial charge < -0.3 is 15.3 Å². The molecule has 1 aromatic carbocycles. The maximum absolute atomic E-state index is 12.0. The minimum atomic E-state index is -0.320. The van der Waals surface area contributed by atoms with Crippen LogP contribution in [0.4, 0.5) is 0 Å². The van der Waals surface area contributed by atoms with Crippen molar-refractivity contribution in [3.05, 3.63) is 36.0 Å². The van der Waals surface area contributed by atoms with Crippen molar-refractivity contribution in [2.75, 3.05) is 0 Å². The second kappa shape index (κ2) is 8.37. The standard InChI is InChI=1S/C15H19NO.C2H4O.H2O/c1-4-15(5-2,11(3)17)13-7-6-12-8-9-16-14(12)10-13;1-2-3;/h6-10,16H,4-5H2,1-3H3;2H,1H3;1H2. The molecule has 0 aliphatic rings. The Morgan fingerprint density at radius 1 is 1.24 bits per heavy atom. The Morgan fingerprint density at radius 3 is 2.29 bits per heavy atom. The van der Waals surface area contributed by atoms with E-state index in [1.54, 1.807) is 6.92 Å². The summed E-state index contributed by atoms with van der Waals surface area (Å²) < 4.78 is 0. The Labute approximate surface area is 125 Å². The molecule has 21 heavy (non-hydrogen) atoms. The zero-order chi connectivity index (χ0) is 15.2. The number of benzene rings is 1. The SMILES string of the molecule is CC=O.CCC(CC)(C(C)=O)c1ccc2cc[nH]c2c1.O. The molecule has 2 rings (SSSR count). The fourth-order valence-corrected chi connectivity index (χ4v) is 2.70. The molecule has 4 heteroatoms. The molecule has 0 aliphatic carbocycles. The Kier molecular flexibility index (Phi) is 7.60. The first-order valence-corrected chi connectivity index (χ1v) is 7.04. The minimum Gasteiger partial charge on any atom is -0.412 e. The molecule has 0 amide bonds. The number of aromatic amines is 1. The highest BCUT2D eigenvalue weighted by Crippen LogP contribution is 2.34. The van der Waals surface area contributed by atoms with Gasteiger partial charge in [-0.25, -0.2) is 0 Å². The van der Waals surface area contributed by atoms with Crippen LogP contribution in [0.2, 0.25) is 0 Å². The topological polar surface area (TPSA) is 81.4 Å². The summed E-state index contributed by atoms with van der Waals surface area (Å²) in [5.74, 6) is 0.258. The highest BCUT2D eigenvalue weighted by Gasteiger charge is 2.33. The zero-order valence-corrected chi connectivity index (χ0v) is 13.2. The Balaban J connectivity index is 0.000000922. The van der Waals surface area contributed by atoms with Gasteiger partial charge in [0.05, 0.1) is 5.41 Å². The van der Waals surface area contributed by atoms with Crippen molar-refractivity contribution in [2.24, 2.45) is 0 Å². The van der Waals surface area contributed by atoms with E-state index < -0.39 is 0 Å². The molecule has 0 aliphatic heterocycles. The molecular weight excluding hydrogens is 266 g/mol. The first-order valence-electron chi connectivity index (χ1n) is 7.04. The van der Waals surface area contributed by atoms with Crippen molar-refractivity contribution in [1.29, 1.82) is 0 Å². The molecule has 0 saturated heterocycles. The Morgan fingerprint density at radius 2 is 1.81 bits per heavy atom. The van der Waals surface area contributed by atoms with Crippen LogP contribution in [-0.4, -0.2) is 22.5 Å². The van der Waals surface area contributed by atoms with Gasteiger partial charge in [0.25, 0.3) is 0 Å². The summed E-state index contributed by atoms with van der Waals surface area (Å²) in [6.07, 6.45) is 4.39. The van der Waals surface area contributed by atoms with E-state index in [-0.39, 0.29) is 16.7 Å². The average Bonchev–Trinajstić information content (AvgIpc) is 2.89. The van der Waals surface area contributed by atoms with Crippen LogP contribution >= 0.6 is 0 Å². The summed E-state index contributed by atoms with van der Waals surface area (Å²) in [5, 5.41) is 1.19. The number of carbonyl (C=O) groups is 2. The lowest BCUT2D eigenvalue weighted by Gasteiger charge is -2.29. The molecule has 0 fully saturated rings. The fraction of sp³-hybridized carbons (Fsp3) is 0.412. The predicted octanol–water partition coefficient (Wildman–Crippen LogP) is 3.20. The number of hydrogen-bond acceptors (Lipinski definition) is 2. The Hall–Kier alpha value is -1.94. The smallest absolute Gasteiger partial charge is 0.140 e. The lowest BCUT2D eigenvalue weighted by atomic mass is 9.73. The van der Waals surface area contributed by atoms with Gasteiger partial charge in [0.1, 0.15) is 12.1 Å². The van der Waals surface area contributed by atoms with Crippen LogP contribution in [0.3, 0.4) is 0 Å². The second-order valence-electron chi connectivity index (χ2n) is 4.86. The molecule has 2 aromatic rings. The molecule has 4 nitrogen and oxygen atoms in total. The van der Waals surface area contributed by atoms with E-state index in [1.807, 2.05) is 12.3 Å². The number of Topliss-reactive ketones (excluding diaryl/α,β-unsaturated/α-hetero) is 1. The van der Waals surface area contributed by atoms with Crippen LogP contribution in [0.15, 0.2) is 30.5 Å². The lowest BCUT2D eigenvalue weighted by Crippen LogP contribution is -2.32. The van der Waals surface area contributed by atoms with Gasteiger partial charge in [-0.05, 0) is 49.8 Å². The van der Waals surface area contributed by atoms with Crippen molar-refractivity contribution in [2.45, 2.75) is 46.0 Å². The first kappa shape index (κ1) is 19.1. The van der Waals surface area contributed by atoms with E-state index in [1.165, 1.54) is 12.3 Å². The predicted molar refractivity (Wildman–Crippen MR) is 86.6 cm³/mol. The van der Waals surface area contributed by atoms with E-state index in [4.69, 9.17) is 4.79 Å². The molecule has 0 radical (unpaired) electrons. The zero-order valence-electron chi connectivity index (χ0n) is 13.2. The van der Waals surface area contributed by atoms with E-state index in [2.05, 4.69) is 37.0 Å². The normalized spacial score (nSPS) is 10.3. The van der Waals surface area contributed by atoms with Crippen LogP contribution in [0.1, 0.15) is 46.1 Å². The number of carbonyl (C=O) groups excluding carboxylic acids is 2. The molecule has 116 valence electrons. The van der Waals surface area contributed by atoms with Gasteiger partial charge in [0.2, 0.25) is 0 Å². The Bertz CT molecular complexity index is 582. The largest absolute Gasteiger partial charge is 0.412 e. The van der Waals surface area contributed by atoms with Crippen LogP contribution in [0, 0.1) is 0 Å². The van der Waals surface area contributed by atoms with E-state index in [0.717, 1.165) is 30.2 Å².